The van der Waals surface area contributed by atoms with Crippen molar-refractivity contribution in [3.63, 3.8) is 0 Å². The molecular weight excluding hydrogens is 222 g/mol. The highest BCUT2D eigenvalue weighted by atomic mass is 14.9. The second-order valence-corrected chi connectivity index (χ2v) is 4.93. The summed E-state index contributed by atoms with van der Waals surface area (Å²) in [5.41, 5.74) is 9.96. The van der Waals surface area contributed by atoms with E-state index in [2.05, 4.69) is 34.2 Å². The van der Waals surface area contributed by atoms with Crippen molar-refractivity contribution in [1.82, 2.24) is 9.97 Å². The van der Waals surface area contributed by atoms with Gasteiger partial charge in [-0.2, -0.15) is 0 Å². The predicted octanol–water partition coefficient (Wildman–Crippen LogP) is 2.79. The lowest BCUT2D eigenvalue weighted by Crippen LogP contribution is -1.98. The molecule has 1 aromatic heterocycles. The number of benzene rings is 1. The number of hydrogen-bond acceptors (Lipinski definition) is 3. The summed E-state index contributed by atoms with van der Waals surface area (Å²) >= 11 is 0. The zero-order valence-electron chi connectivity index (χ0n) is 10.6. The van der Waals surface area contributed by atoms with Crippen LogP contribution in [0.25, 0.3) is 11.3 Å². The van der Waals surface area contributed by atoms with Gasteiger partial charge in [0.25, 0.3) is 0 Å². The molecule has 1 heterocycles. The minimum atomic E-state index is 0.580. The fraction of sp³-hybridized carbons (Fsp3) is 0.333. The summed E-state index contributed by atoms with van der Waals surface area (Å²) in [5.74, 6) is 1.60. The molecule has 0 amide bonds. The Hall–Kier alpha value is -1.74. The van der Waals surface area contributed by atoms with Gasteiger partial charge < -0.3 is 5.73 Å². The van der Waals surface area contributed by atoms with E-state index in [1.54, 1.807) is 0 Å². The smallest absolute Gasteiger partial charge is 0.132 e. The van der Waals surface area contributed by atoms with Gasteiger partial charge in [-0.3, -0.25) is 0 Å². The highest BCUT2D eigenvalue weighted by Gasteiger charge is 2.27. The molecule has 1 aromatic carbocycles. The lowest BCUT2D eigenvalue weighted by molar-refractivity contribution is 0.909. The molecule has 0 unspecified atom stereocenters. The van der Waals surface area contributed by atoms with Crippen LogP contribution in [-0.2, 0) is 6.54 Å². The van der Waals surface area contributed by atoms with Crippen LogP contribution in [0, 0.1) is 6.92 Å². The number of rotatable bonds is 3. The van der Waals surface area contributed by atoms with Crippen molar-refractivity contribution in [1.29, 1.82) is 0 Å². The monoisotopic (exact) mass is 239 g/mol. The van der Waals surface area contributed by atoms with Crippen molar-refractivity contribution in [3.05, 3.63) is 47.4 Å². The van der Waals surface area contributed by atoms with Gasteiger partial charge in [0.1, 0.15) is 5.82 Å². The van der Waals surface area contributed by atoms with Gasteiger partial charge in [-0.05, 0) is 31.4 Å². The molecular formula is C15H17N3. The van der Waals surface area contributed by atoms with E-state index >= 15 is 0 Å². The van der Waals surface area contributed by atoms with Gasteiger partial charge in [-0.15, -0.1) is 0 Å². The van der Waals surface area contributed by atoms with Gasteiger partial charge in [-0.1, -0.05) is 24.3 Å². The van der Waals surface area contributed by atoms with Crippen LogP contribution in [0.5, 0.6) is 0 Å². The van der Waals surface area contributed by atoms with E-state index in [0.717, 1.165) is 28.3 Å². The quantitative estimate of drug-likeness (QED) is 0.896. The summed E-state index contributed by atoms with van der Waals surface area (Å²) in [6.45, 7) is 2.61. The first-order valence-corrected chi connectivity index (χ1v) is 6.41. The molecule has 0 radical (unpaired) electrons. The molecule has 1 fully saturated rings. The van der Waals surface area contributed by atoms with Gasteiger partial charge >= 0.3 is 0 Å². The highest BCUT2D eigenvalue weighted by Crippen LogP contribution is 2.38. The first-order chi connectivity index (χ1) is 8.76. The van der Waals surface area contributed by atoms with Gasteiger partial charge in [-0.25, -0.2) is 9.97 Å². The fourth-order valence-electron chi connectivity index (χ4n) is 2.08. The van der Waals surface area contributed by atoms with Crippen molar-refractivity contribution in [3.8, 4) is 11.3 Å². The molecule has 92 valence electrons. The van der Waals surface area contributed by atoms with Gasteiger partial charge in [0.15, 0.2) is 0 Å². The minimum absolute atomic E-state index is 0.580. The minimum Gasteiger partial charge on any atom is -0.326 e. The third-order valence-corrected chi connectivity index (χ3v) is 3.30. The van der Waals surface area contributed by atoms with E-state index in [9.17, 15) is 0 Å². The molecule has 1 saturated carbocycles. The normalized spacial score (nSPS) is 14.8. The van der Waals surface area contributed by atoms with E-state index in [1.807, 2.05) is 13.0 Å². The van der Waals surface area contributed by atoms with Gasteiger partial charge in [0.05, 0.1) is 5.69 Å². The number of aromatic nitrogens is 2. The predicted molar refractivity (Wildman–Crippen MR) is 72.1 cm³/mol. The molecule has 0 atom stereocenters. The maximum absolute atomic E-state index is 5.61. The third kappa shape index (κ3) is 2.27. The fourth-order valence-corrected chi connectivity index (χ4v) is 2.08. The first-order valence-electron chi connectivity index (χ1n) is 6.41. The van der Waals surface area contributed by atoms with Gasteiger partial charge in [0.2, 0.25) is 0 Å². The van der Waals surface area contributed by atoms with Crippen LogP contribution in [-0.4, -0.2) is 9.97 Å². The van der Waals surface area contributed by atoms with E-state index in [4.69, 9.17) is 5.73 Å². The van der Waals surface area contributed by atoms with Crippen molar-refractivity contribution >= 4 is 0 Å². The lowest BCUT2D eigenvalue weighted by Gasteiger charge is -2.06. The second kappa shape index (κ2) is 4.50. The first kappa shape index (κ1) is 11.4. The summed E-state index contributed by atoms with van der Waals surface area (Å²) < 4.78 is 0. The van der Waals surface area contributed by atoms with Crippen LogP contribution in [0.1, 0.15) is 35.8 Å². The maximum Gasteiger partial charge on any atom is 0.132 e. The Balaban J connectivity index is 1.98. The molecule has 2 N–H and O–H groups in total. The molecule has 1 aliphatic carbocycles. The van der Waals surface area contributed by atoms with Gasteiger partial charge in [0, 0.05) is 23.7 Å². The van der Waals surface area contributed by atoms with E-state index < -0.39 is 0 Å². The molecule has 0 aliphatic heterocycles. The Morgan fingerprint density at radius 2 is 1.89 bits per heavy atom. The van der Waals surface area contributed by atoms with Crippen LogP contribution in [0.4, 0.5) is 0 Å². The largest absolute Gasteiger partial charge is 0.326 e. The molecule has 3 rings (SSSR count). The van der Waals surface area contributed by atoms with Crippen LogP contribution in [0.2, 0.25) is 0 Å². The summed E-state index contributed by atoms with van der Waals surface area (Å²) in [4.78, 5) is 9.20. The third-order valence-electron chi connectivity index (χ3n) is 3.30. The summed E-state index contributed by atoms with van der Waals surface area (Å²) in [7, 11) is 0. The van der Waals surface area contributed by atoms with Crippen molar-refractivity contribution in [2.24, 2.45) is 5.73 Å². The molecule has 18 heavy (non-hydrogen) atoms. The number of aryl methyl sites for hydroxylation is 1. The summed E-state index contributed by atoms with van der Waals surface area (Å²) in [6, 6.07) is 10.3. The van der Waals surface area contributed by atoms with E-state index in [1.165, 1.54) is 12.8 Å². The second-order valence-electron chi connectivity index (χ2n) is 4.93. The van der Waals surface area contributed by atoms with Crippen LogP contribution < -0.4 is 5.73 Å². The lowest BCUT2D eigenvalue weighted by atomic mass is 10.1. The van der Waals surface area contributed by atoms with Crippen molar-refractivity contribution in [2.75, 3.05) is 0 Å². The highest BCUT2D eigenvalue weighted by molar-refractivity contribution is 5.59. The van der Waals surface area contributed by atoms with Crippen LogP contribution in [0.15, 0.2) is 30.3 Å². The number of hydrogen-bond donors (Lipinski definition) is 1. The Morgan fingerprint density at radius 1 is 1.17 bits per heavy atom. The number of nitrogens with two attached hydrogens (primary N) is 1. The number of nitrogens with zero attached hydrogens (tertiary/aromatic N) is 2. The standard InChI is InChI=1S/C15H17N3/c1-10-8-14(18-15(17-10)13-6-7-13)12-4-2-11(9-16)3-5-12/h2-5,8,13H,6-7,9,16H2,1H3. The van der Waals surface area contributed by atoms with E-state index in [-0.39, 0.29) is 0 Å². The van der Waals surface area contributed by atoms with Crippen LogP contribution in [0.3, 0.4) is 0 Å². The van der Waals surface area contributed by atoms with Crippen LogP contribution >= 0.6 is 0 Å². The molecule has 2 aromatic rings. The zero-order valence-corrected chi connectivity index (χ0v) is 10.6. The molecule has 0 saturated heterocycles. The Labute approximate surface area is 107 Å². The molecule has 3 heteroatoms. The molecule has 0 spiro atoms. The Morgan fingerprint density at radius 3 is 2.50 bits per heavy atom. The van der Waals surface area contributed by atoms with Crippen molar-refractivity contribution < 1.29 is 0 Å². The topological polar surface area (TPSA) is 51.8 Å². The zero-order chi connectivity index (χ0) is 12.5. The summed E-state index contributed by atoms with van der Waals surface area (Å²) in [6.07, 6.45) is 2.46. The SMILES string of the molecule is Cc1cc(-c2ccc(CN)cc2)nc(C2CC2)n1. The van der Waals surface area contributed by atoms with Crippen molar-refractivity contribution in [2.45, 2.75) is 32.2 Å². The summed E-state index contributed by atoms with van der Waals surface area (Å²) in [5, 5.41) is 0. The molecule has 0 bridgehead atoms. The molecule has 1 aliphatic rings. The Kier molecular flexibility index (Phi) is 2.84. The van der Waals surface area contributed by atoms with E-state index in [0.29, 0.717) is 12.5 Å². The average Bonchev–Trinajstić information content (AvgIpc) is 3.22. The maximum atomic E-state index is 5.61. The Bertz CT molecular complexity index is 556. The molecule has 3 nitrogen and oxygen atoms in total. The average molecular weight is 239 g/mol.